The predicted octanol–water partition coefficient (Wildman–Crippen LogP) is 5.08. The van der Waals surface area contributed by atoms with E-state index in [2.05, 4.69) is 58.6 Å². The van der Waals surface area contributed by atoms with E-state index in [1.54, 1.807) is 22.7 Å². The molecule has 0 fully saturated rings. The zero-order valence-corrected chi connectivity index (χ0v) is 13.0. The lowest BCUT2D eigenvalue weighted by Gasteiger charge is -2.08. The fourth-order valence-electron chi connectivity index (χ4n) is 2.03. The van der Waals surface area contributed by atoms with Crippen molar-refractivity contribution in [3.05, 3.63) is 55.5 Å². The minimum Gasteiger partial charge on any atom is -0.320 e. The van der Waals surface area contributed by atoms with Gasteiger partial charge in [-0.05, 0) is 56.9 Å². The first-order valence-corrected chi connectivity index (χ1v) is 8.13. The third-order valence-electron chi connectivity index (χ3n) is 3.03. The molecule has 0 spiro atoms. The third-order valence-corrected chi connectivity index (χ3v) is 6.23. The van der Waals surface area contributed by atoms with Gasteiger partial charge in [-0.2, -0.15) is 0 Å². The van der Waals surface area contributed by atoms with E-state index in [1.165, 1.54) is 29.9 Å². The Balaban J connectivity index is 2.09. The standard InChI is InChI=1S/C14H12BrNS2/c1-8-6-12(18-14(8)15)13(16)10-7-17-11-5-3-2-4-9(10)11/h2-7,13H,16H2,1H3. The molecule has 0 radical (unpaired) electrons. The highest BCUT2D eigenvalue weighted by atomic mass is 79.9. The molecule has 92 valence electrons. The molecular formula is C14H12BrNS2. The van der Waals surface area contributed by atoms with Crippen LogP contribution in [0.3, 0.4) is 0 Å². The van der Waals surface area contributed by atoms with Crippen LogP contribution in [0.25, 0.3) is 10.1 Å². The Kier molecular flexibility index (Phi) is 3.28. The fraction of sp³-hybridized carbons (Fsp3) is 0.143. The van der Waals surface area contributed by atoms with E-state index < -0.39 is 0 Å². The van der Waals surface area contributed by atoms with Crippen molar-refractivity contribution < 1.29 is 0 Å². The van der Waals surface area contributed by atoms with Gasteiger partial charge in [0, 0.05) is 9.58 Å². The molecule has 0 saturated heterocycles. The average molecular weight is 338 g/mol. The number of aryl methyl sites for hydroxylation is 1. The Morgan fingerprint density at radius 1 is 1.28 bits per heavy atom. The van der Waals surface area contributed by atoms with Crippen LogP contribution in [0.5, 0.6) is 0 Å². The van der Waals surface area contributed by atoms with E-state index in [-0.39, 0.29) is 6.04 Å². The van der Waals surface area contributed by atoms with Gasteiger partial charge in [-0.25, -0.2) is 0 Å². The second-order valence-corrected chi connectivity index (χ2v) is 7.58. The van der Waals surface area contributed by atoms with E-state index >= 15 is 0 Å². The first-order chi connectivity index (χ1) is 8.66. The van der Waals surface area contributed by atoms with E-state index in [1.807, 2.05) is 0 Å². The minimum atomic E-state index is -0.0313. The van der Waals surface area contributed by atoms with Crippen LogP contribution in [0.2, 0.25) is 0 Å². The summed E-state index contributed by atoms with van der Waals surface area (Å²) < 4.78 is 2.47. The molecule has 1 atom stereocenters. The number of benzene rings is 1. The van der Waals surface area contributed by atoms with Crippen molar-refractivity contribution in [3.63, 3.8) is 0 Å². The van der Waals surface area contributed by atoms with Gasteiger partial charge in [0.05, 0.1) is 9.83 Å². The maximum atomic E-state index is 6.41. The summed E-state index contributed by atoms with van der Waals surface area (Å²) in [6.07, 6.45) is 0. The van der Waals surface area contributed by atoms with Crippen LogP contribution in [0.4, 0.5) is 0 Å². The smallest absolute Gasteiger partial charge is 0.0731 e. The molecule has 1 aromatic carbocycles. The van der Waals surface area contributed by atoms with E-state index in [0.29, 0.717) is 0 Å². The summed E-state index contributed by atoms with van der Waals surface area (Å²) in [7, 11) is 0. The summed E-state index contributed by atoms with van der Waals surface area (Å²) in [5, 5.41) is 3.45. The largest absolute Gasteiger partial charge is 0.320 e. The van der Waals surface area contributed by atoms with Crippen molar-refractivity contribution >= 4 is 48.7 Å². The van der Waals surface area contributed by atoms with Crippen LogP contribution in [0.15, 0.2) is 39.5 Å². The Hall–Kier alpha value is -0.680. The number of nitrogens with two attached hydrogens (primary N) is 1. The molecule has 2 aromatic heterocycles. The highest BCUT2D eigenvalue weighted by molar-refractivity contribution is 9.11. The molecule has 3 rings (SSSR count). The molecule has 0 saturated carbocycles. The molecule has 0 aliphatic rings. The van der Waals surface area contributed by atoms with E-state index in [9.17, 15) is 0 Å². The van der Waals surface area contributed by atoms with Crippen molar-refractivity contribution in [1.29, 1.82) is 0 Å². The summed E-state index contributed by atoms with van der Waals surface area (Å²) >= 11 is 7.05. The number of fused-ring (bicyclic) bond motifs is 1. The number of hydrogen-bond donors (Lipinski definition) is 1. The highest BCUT2D eigenvalue weighted by Crippen LogP contribution is 2.37. The molecule has 0 aliphatic heterocycles. The molecule has 4 heteroatoms. The van der Waals surface area contributed by atoms with Crippen LogP contribution in [-0.2, 0) is 0 Å². The molecule has 1 unspecified atom stereocenters. The van der Waals surface area contributed by atoms with Crippen LogP contribution < -0.4 is 5.73 Å². The van der Waals surface area contributed by atoms with Gasteiger partial charge in [0.2, 0.25) is 0 Å². The molecule has 0 bridgehead atoms. The Labute approximate surface area is 122 Å². The van der Waals surface area contributed by atoms with Gasteiger partial charge in [0.15, 0.2) is 0 Å². The molecule has 18 heavy (non-hydrogen) atoms. The minimum absolute atomic E-state index is 0.0313. The molecule has 3 aromatic rings. The lowest BCUT2D eigenvalue weighted by atomic mass is 10.1. The van der Waals surface area contributed by atoms with Crippen molar-refractivity contribution in [1.82, 2.24) is 0 Å². The second-order valence-electron chi connectivity index (χ2n) is 4.27. The topological polar surface area (TPSA) is 26.0 Å². The first kappa shape index (κ1) is 12.4. The lowest BCUT2D eigenvalue weighted by molar-refractivity contribution is 0.907. The van der Waals surface area contributed by atoms with Gasteiger partial charge in [0.25, 0.3) is 0 Å². The molecule has 0 amide bonds. The number of hydrogen-bond acceptors (Lipinski definition) is 3. The molecule has 0 aliphatic carbocycles. The molecular weight excluding hydrogens is 326 g/mol. The van der Waals surface area contributed by atoms with Gasteiger partial charge in [0.1, 0.15) is 0 Å². The van der Waals surface area contributed by atoms with Gasteiger partial charge in [-0.3, -0.25) is 0 Å². The van der Waals surface area contributed by atoms with Gasteiger partial charge in [-0.1, -0.05) is 18.2 Å². The molecule has 2 N–H and O–H groups in total. The Morgan fingerprint density at radius 2 is 2.06 bits per heavy atom. The third kappa shape index (κ3) is 2.03. The predicted molar refractivity (Wildman–Crippen MR) is 84.6 cm³/mol. The Bertz CT molecular complexity index is 679. The van der Waals surface area contributed by atoms with Crippen LogP contribution in [0.1, 0.15) is 22.0 Å². The van der Waals surface area contributed by atoms with Gasteiger partial charge in [-0.15, -0.1) is 22.7 Å². The summed E-state index contributed by atoms with van der Waals surface area (Å²) in [6, 6.07) is 10.6. The average Bonchev–Trinajstić information content (AvgIpc) is 2.93. The quantitative estimate of drug-likeness (QED) is 0.693. The van der Waals surface area contributed by atoms with Crippen molar-refractivity contribution in [2.75, 3.05) is 0 Å². The molecule has 2 heterocycles. The van der Waals surface area contributed by atoms with Crippen molar-refractivity contribution in [2.24, 2.45) is 5.73 Å². The van der Waals surface area contributed by atoms with E-state index in [0.717, 1.165) is 0 Å². The van der Waals surface area contributed by atoms with Crippen LogP contribution >= 0.6 is 38.6 Å². The SMILES string of the molecule is Cc1cc(C(N)c2csc3ccccc23)sc1Br. The Morgan fingerprint density at radius 3 is 2.78 bits per heavy atom. The highest BCUT2D eigenvalue weighted by Gasteiger charge is 2.16. The zero-order valence-electron chi connectivity index (χ0n) is 9.81. The first-order valence-electron chi connectivity index (χ1n) is 5.64. The number of thiophene rings is 2. The van der Waals surface area contributed by atoms with Crippen molar-refractivity contribution in [3.8, 4) is 0 Å². The summed E-state index contributed by atoms with van der Waals surface area (Å²) in [6.45, 7) is 2.10. The monoisotopic (exact) mass is 337 g/mol. The second kappa shape index (κ2) is 4.78. The zero-order chi connectivity index (χ0) is 12.7. The summed E-state index contributed by atoms with van der Waals surface area (Å²) in [4.78, 5) is 1.21. The summed E-state index contributed by atoms with van der Waals surface area (Å²) in [5.74, 6) is 0. The normalized spacial score (nSPS) is 13.1. The van der Waals surface area contributed by atoms with Gasteiger partial charge >= 0.3 is 0 Å². The maximum absolute atomic E-state index is 6.41. The van der Waals surface area contributed by atoms with Crippen LogP contribution in [-0.4, -0.2) is 0 Å². The maximum Gasteiger partial charge on any atom is 0.0731 e. The van der Waals surface area contributed by atoms with Crippen LogP contribution in [0, 0.1) is 6.92 Å². The van der Waals surface area contributed by atoms with E-state index in [4.69, 9.17) is 5.73 Å². The number of halogens is 1. The fourth-order valence-corrected chi connectivity index (χ4v) is 4.62. The number of rotatable bonds is 2. The van der Waals surface area contributed by atoms with Crippen molar-refractivity contribution in [2.45, 2.75) is 13.0 Å². The lowest BCUT2D eigenvalue weighted by Crippen LogP contribution is -2.09. The summed E-state index contributed by atoms with van der Waals surface area (Å²) in [5.41, 5.74) is 8.89. The van der Waals surface area contributed by atoms with Gasteiger partial charge < -0.3 is 5.73 Å². The molecule has 1 nitrogen and oxygen atoms in total.